The highest BCUT2D eigenvalue weighted by Crippen LogP contribution is 2.22. The van der Waals surface area contributed by atoms with Crippen LogP contribution in [-0.2, 0) is 0 Å². The maximum absolute atomic E-state index is 13.3. The van der Waals surface area contributed by atoms with Crippen molar-refractivity contribution in [3.8, 4) is 11.3 Å². The molecule has 1 aromatic heterocycles. The van der Waals surface area contributed by atoms with Gasteiger partial charge < -0.3 is 10.2 Å². The van der Waals surface area contributed by atoms with Crippen LogP contribution >= 0.6 is 0 Å². The molecule has 1 aliphatic heterocycles. The molecule has 2 aromatic carbocycles. The molecule has 2 heterocycles. The summed E-state index contributed by atoms with van der Waals surface area (Å²) in [5.41, 5.74) is 2.62. The van der Waals surface area contributed by atoms with Crippen LogP contribution in [-0.4, -0.2) is 29.2 Å². The van der Waals surface area contributed by atoms with E-state index in [0.717, 1.165) is 30.2 Å². The van der Waals surface area contributed by atoms with Gasteiger partial charge in [-0.1, -0.05) is 31.0 Å². The molecule has 0 aliphatic carbocycles. The van der Waals surface area contributed by atoms with Crippen molar-refractivity contribution >= 4 is 17.4 Å². The monoisotopic (exact) mass is 390 g/mol. The third kappa shape index (κ3) is 4.77. The number of rotatable bonds is 4. The fraction of sp³-hybridized carbons (Fsp3) is 0.261. The van der Waals surface area contributed by atoms with Gasteiger partial charge in [0.1, 0.15) is 5.82 Å². The average Bonchev–Trinajstić information content (AvgIpc) is 3.04. The highest BCUT2D eigenvalue weighted by Gasteiger charge is 2.12. The molecule has 0 atom stereocenters. The van der Waals surface area contributed by atoms with E-state index in [9.17, 15) is 9.18 Å². The number of carbonyl (C=O) groups excluding carboxylic acids is 1. The number of hydrogen-bond donors (Lipinski definition) is 1. The van der Waals surface area contributed by atoms with Gasteiger partial charge in [0, 0.05) is 29.9 Å². The number of aromatic nitrogens is 2. The van der Waals surface area contributed by atoms with Gasteiger partial charge in [-0.05, 0) is 55.3 Å². The largest absolute Gasteiger partial charge is 0.355 e. The number of amides is 1. The standard InChI is InChI=1S/C23H23FN4O/c24-19-7-5-6-18(16-19)23(29)25-20-10-8-17(9-11-20)21-12-13-22(27-26-21)28-14-3-1-2-4-15-28/h5-13,16H,1-4,14-15H2,(H,25,29). The number of halogens is 1. The second kappa shape index (κ2) is 8.82. The van der Waals surface area contributed by atoms with E-state index in [1.165, 1.54) is 43.9 Å². The fourth-order valence-corrected chi connectivity index (χ4v) is 3.50. The predicted octanol–water partition coefficient (Wildman–Crippen LogP) is 4.92. The van der Waals surface area contributed by atoms with Gasteiger partial charge in [0.25, 0.3) is 5.91 Å². The van der Waals surface area contributed by atoms with Crippen LogP contribution in [0.1, 0.15) is 36.0 Å². The zero-order valence-electron chi connectivity index (χ0n) is 16.1. The van der Waals surface area contributed by atoms with Gasteiger partial charge in [0.15, 0.2) is 5.82 Å². The molecule has 0 bridgehead atoms. The fourth-order valence-electron chi connectivity index (χ4n) is 3.50. The van der Waals surface area contributed by atoms with Crippen molar-refractivity contribution in [2.45, 2.75) is 25.7 Å². The molecule has 0 radical (unpaired) electrons. The predicted molar refractivity (Wildman–Crippen MR) is 113 cm³/mol. The van der Waals surface area contributed by atoms with Crippen LogP contribution in [0.2, 0.25) is 0 Å². The van der Waals surface area contributed by atoms with Gasteiger partial charge in [-0.25, -0.2) is 4.39 Å². The molecule has 0 spiro atoms. The van der Waals surface area contributed by atoms with Gasteiger partial charge in [-0.2, -0.15) is 0 Å². The Kier molecular flexibility index (Phi) is 5.79. The first-order valence-electron chi connectivity index (χ1n) is 9.95. The molecule has 29 heavy (non-hydrogen) atoms. The molecule has 1 N–H and O–H groups in total. The Balaban J connectivity index is 1.43. The lowest BCUT2D eigenvalue weighted by Gasteiger charge is -2.20. The first-order chi connectivity index (χ1) is 14.2. The van der Waals surface area contributed by atoms with E-state index in [0.29, 0.717) is 5.69 Å². The van der Waals surface area contributed by atoms with Gasteiger partial charge in [-0.3, -0.25) is 4.79 Å². The quantitative estimate of drug-likeness (QED) is 0.687. The summed E-state index contributed by atoms with van der Waals surface area (Å²) < 4.78 is 13.3. The number of nitrogens with one attached hydrogen (secondary N) is 1. The Morgan fingerprint density at radius 2 is 1.66 bits per heavy atom. The highest BCUT2D eigenvalue weighted by molar-refractivity contribution is 6.04. The summed E-state index contributed by atoms with van der Waals surface area (Å²) in [4.78, 5) is 14.5. The molecule has 1 aliphatic rings. The summed E-state index contributed by atoms with van der Waals surface area (Å²) >= 11 is 0. The number of nitrogens with zero attached hydrogens (tertiary/aromatic N) is 3. The van der Waals surface area contributed by atoms with Gasteiger partial charge in [0.2, 0.25) is 0 Å². The Morgan fingerprint density at radius 3 is 2.31 bits per heavy atom. The minimum atomic E-state index is -0.435. The Labute approximate surface area is 169 Å². The molecule has 4 rings (SSSR count). The van der Waals surface area contributed by atoms with Crippen molar-refractivity contribution in [3.05, 3.63) is 72.0 Å². The van der Waals surface area contributed by atoms with Crippen LogP contribution in [0.15, 0.2) is 60.7 Å². The smallest absolute Gasteiger partial charge is 0.255 e. The first kappa shape index (κ1) is 19.1. The van der Waals surface area contributed by atoms with E-state index < -0.39 is 5.82 Å². The second-order valence-electron chi connectivity index (χ2n) is 7.22. The Hall–Kier alpha value is -3.28. The van der Waals surface area contributed by atoms with E-state index in [1.807, 2.05) is 24.3 Å². The molecule has 3 aromatic rings. The van der Waals surface area contributed by atoms with Crippen molar-refractivity contribution in [1.29, 1.82) is 0 Å². The zero-order chi connectivity index (χ0) is 20.1. The lowest BCUT2D eigenvalue weighted by atomic mass is 10.1. The third-order valence-electron chi connectivity index (χ3n) is 5.11. The van der Waals surface area contributed by atoms with Crippen molar-refractivity contribution in [2.75, 3.05) is 23.3 Å². The second-order valence-corrected chi connectivity index (χ2v) is 7.22. The minimum Gasteiger partial charge on any atom is -0.355 e. The number of hydrogen-bond acceptors (Lipinski definition) is 4. The summed E-state index contributed by atoms with van der Waals surface area (Å²) in [6.07, 6.45) is 4.96. The summed E-state index contributed by atoms with van der Waals surface area (Å²) in [6, 6.07) is 17.0. The molecule has 1 amide bonds. The molecule has 148 valence electrons. The Bertz CT molecular complexity index is 965. The van der Waals surface area contributed by atoms with Crippen LogP contribution in [0.3, 0.4) is 0 Å². The Morgan fingerprint density at radius 1 is 0.897 bits per heavy atom. The van der Waals surface area contributed by atoms with Crippen molar-refractivity contribution in [2.24, 2.45) is 0 Å². The van der Waals surface area contributed by atoms with E-state index >= 15 is 0 Å². The van der Waals surface area contributed by atoms with E-state index in [-0.39, 0.29) is 11.5 Å². The third-order valence-corrected chi connectivity index (χ3v) is 5.11. The summed E-state index contributed by atoms with van der Waals surface area (Å²) in [7, 11) is 0. The van der Waals surface area contributed by atoms with E-state index in [4.69, 9.17) is 0 Å². The lowest BCUT2D eigenvalue weighted by molar-refractivity contribution is 0.102. The maximum Gasteiger partial charge on any atom is 0.255 e. The van der Waals surface area contributed by atoms with Gasteiger partial charge >= 0.3 is 0 Å². The molecule has 1 fully saturated rings. The van der Waals surface area contributed by atoms with Crippen LogP contribution in [0.25, 0.3) is 11.3 Å². The number of benzene rings is 2. The van der Waals surface area contributed by atoms with Crippen LogP contribution in [0.5, 0.6) is 0 Å². The molecule has 6 heteroatoms. The summed E-state index contributed by atoms with van der Waals surface area (Å²) in [5.74, 6) is 0.142. The van der Waals surface area contributed by atoms with Gasteiger partial charge in [-0.15, -0.1) is 10.2 Å². The van der Waals surface area contributed by atoms with E-state index in [1.54, 1.807) is 18.2 Å². The number of carbonyl (C=O) groups is 1. The minimum absolute atomic E-state index is 0.282. The van der Waals surface area contributed by atoms with Crippen molar-refractivity contribution < 1.29 is 9.18 Å². The van der Waals surface area contributed by atoms with Gasteiger partial charge in [0.05, 0.1) is 5.69 Å². The molecule has 5 nitrogen and oxygen atoms in total. The zero-order valence-corrected chi connectivity index (χ0v) is 16.1. The molecular weight excluding hydrogens is 367 g/mol. The highest BCUT2D eigenvalue weighted by atomic mass is 19.1. The molecule has 0 unspecified atom stereocenters. The van der Waals surface area contributed by atoms with Crippen LogP contribution < -0.4 is 10.2 Å². The summed E-state index contributed by atoms with van der Waals surface area (Å²) in [5, 5.41) is 11.6. The summed E-state index contributed by atoms with van der Waals surface area (Å²) in [6.45, 7) is 2.07. The number of anilines is 2. The van der Waals surface area contributed by atoms with Crippen LogP contribution in [0, 0.1) is 5.82 Å². The lowest BCUT2D eigenvalue weighted by Crippen LogP contribution is -2.25. The molecule has 1 saturated heterocycles. The van der Waals surface area contributed by atoms with E-state index in [2.05, 4.69) is 20.4 Å². The normalized spacial score (nSPS) is 14.3. The first-order valence-corrected chi connectivity index (χ1v) is 9.95. The average molecular weight is 390 g/mol. The van der Waals surface area contributed by atoms with Crippen molar-refractivity contribution in [3.63, 3.8) is 0 Å². The topological polar surface area (TPSA) is 58.1 Å². The molecule has 0 saturated carbocycles. The molecular formula is C23H23FN4O. The maximum atomic E-state index is 13.3. The van der Waals surface area contributed by atoms with Crippen LogP contribution in [0.4, 0.5) is 15.9 Å². The SMILES string of the molecule is O=C(Nc1ccc(-c2ccc(N3CCCCCC3)nn2)cc1)c1cccc(F)c1. The van der Waals surface area contributed by atoms with Crippen molar-refractivity contribution in [1.82, 2.24) is 10.2 Å².